The monoisotopic (exact) mass is 320 g/mol. The topological polar surface area (TPSA) is 49.4 Å². The number of rotatable bonds is 4. The molecule has 4 heteroatoms. The fraction of sp³-hybridized carbons (Fsp3) is 0.579. The molecule has 1 aromatic rings. The van der Waals surface area contributed by atoms with Gasteiger partial charge in [0, 0.05) is 6.04 Å². The lowest BCUT2D eigenvalue weighted by atomic mass is 9.90. The maximum atomic E-state index is 12.4. The van der Waals surface area contributed by atoms with Gasteiger partial charge in [0.2, 0.25) is 12.3 Å². The van der Waals surface area contributed by atoms with Crippen LogP contribution in [0.5, 0.6) is 0 Å². The van der Waals surface area contributed by atoms with Gasteiger partial charge >= 0.3 is 0 Å². The second-order valence-corrected chi connectivity index (χ2v) is 5.05. The van der Waals surface area contributed by atoms with Crippen molar-refractivity contribution in [3.8, 4) is 0 Å². The van der Waals surface area contributed by atoms with Crippen molar-refractivity contribution in [3.05, 3.63) is 35.9 Å². The van der Waals surface area contributed by atoms with Crippen LogP contribution in [0, 0.1) is 5.92 Å². The fourth-order valence-electron chi connectivity index (χ4n) is 2.54. The minimum absolute atomic E-state index is 0.0708. The second-order valence-electron chi connectivity index (χ2n) is 5.05. The van der Waals surface area contributed by atoms with Crippen LogP contribution in [-0.2, 0) is 16.1 Å². The SMILES string of the molecule is CC.CC.CC1NCCCC1C(=O)N(C=O)Cc1ccccc1. The number of amides is 2. The minimum atomic E-state index is -0.0948. The Morgan fingerprint density at radius 1 is 1.22 bits per heavy atom. The first-order chi connectivity index (χ1) is 11.2. The van der Waals surface area contributed by atoms with E-state index in [2.05, 4.69) is 5.32 Å². The first-order valence-electron chi connectivity index (χ1n) is 8.75. The molecule has 1 aliphatic heterocycles. The first-order valence-corrected chi connectivity index (χ1v) is 8.75. The van der Waals surface area contributed by atoms with E-state index in [4.69, 9.17) is 0 Å². The lowest BCUT2D eigenvalue weighted by Crippen LogP contribution is -2.47. The Morgan fingerprint density at radius 2 is 1.83 bits per heavy atom. The van der Waals surface area contributed by atoms with Gasteiger partial charge in [-0.2, -0.15) is 0 Å². The van der Waals surface area contributed by atoms with E-state index in [-0.39, 0.29) is 17.9 Å². The van der Waals surface area contributed by atoms with E-state index in [1.165, 1.54) is 4.90 Å². The predicted octanol–water partition coefficient (Wildman–Crippen LogP) is 3.61. The Labute approximate surface area is 141 Å². The molecule has 0 saturated carbocycles. The molecule has 0 aromatic heterocycles. The molecule has 0 spiro atoms. The van der Waals surface area contributed by atoms with E-state index >= 15 is 0 Å². The summed E-state index contributed by atoms with van der Waals surface area (Å²) in [5.74, 6) is -0.166. The van der Waals surface area contributed by atoms with Gasteiger partial charge < -0.3 is 5.32 Å². The average Bonchev–Trinajstić information content (AvgIpc) is 2.64. The van der Waals surface area contributed by atoms with Crippen molar-refractivity contribution in [3.63, 3.8) is 0 Å². The van der Waals surface area contributed by atoms with Crippen LogP contribution in [0.15, 0.2) is 30.3 Å². The lowest BCUT2D eigenvalue weighted by Gasteiger charge is -2.31. The molecule has 4 nitrogen and oxygen atoms in total. The number of nitrogens with one attached hydrogen (secondary N) is 1. The van der Waals surface area contributed by atoms with E-state index in [9.17, 15) is 9.59 Å². The van der Waals surface area contributed by atoms with Crippen LogP contribution in [-0.4, -0.2) is 29.8 Å². The van der Waals surface area contributed by atoms with Crippen molar-refractivity contribution in [1.82, 2.24) is 10.2 Å². The van der Waals surface area contributed by atoms with Gasteiger partial charge in [-0.15, -0.1) is 0 Å². The van der Waals surface area contributed by atoms with Crippen LogP contribution in [0.2, 0.25) is 0 Å². The number of carbonyl (C=O) groups excluding carboxylic acids is 2. The normalized spacial score (nSPS) is 19.3. The summed E-state index contributed by atoms with van der Waals surface area (Å²) in [4.78, 5) is 24.9. The maximum Gasteiger partial charge on any atom is 0.233 e. The second kappa shape index (κ2) is 12.8. The van der Waals surface area contributed by atoms with Crippen LogP contribution in [0.25, 0.3) is 0 Å². The summed E-state index contributed by atoms with van der Waals surface area (Å²) in [5.41, 5.74) is 0.972. The molecule has 0 radical (unpaired) electrons. The predicted molar refractivity (Wildman–Crippen MR) is 95.9 cm³/mol. The highest BCUT2D eigenvalue weighted by atomic mass is 16.2. The van der Waals surface area contributed by atoms with E-state index in [0.717, 1.165) is 24.9 Å². The molecule has 2 rings (SSSR count). The molecule has 1 aliphatic rings. The molecule has 0 aliphatic carbocycles. The van der Waals surface area contributed by atoms with Crippen molar-refractivity contribution in [2.75, 3.05) is 6.54 Å². The summed E-state index contributed by atoms with van der Waals surface area (Å²) in [6.07, 6.45) is 2.49. The van der Waals surface area contributed by atoms with Crippen LogP contribution >= 0.6 is 0 Å². The largest absolute Gasteiger partial charge is 0.313 e. The van der Waals surface area contributed by atoms with Crippen molar-refractivity contribution >= 4 is 12.3 Å². The molecule has 2 unspecified atom stereocenters. The van der Waals surface area contributed by atoms with Crippen molar-refractivity contribution in [1.29, 1.82) is 0 Å². The smallest absolute Gasteiger partial charge is 0.233 e. The van der Waals surface area contributed by atoms with Gasteiger partial charge in [0.05, 0.1) is 12.5 Å². The Hall–Kier alpha value is -1.68. The van der Waals surface area contributed by atoms with Gasteiger partial charge in [-0.05, 0) is 31.9 Å². The van der Waals surface area contributed by atoms with Gasteiger partial charge in [-0.1, -0.05) is 58.0 Å². The quantitative estimate of drug-likeness (QED) is 0.862. The number of piperidine rings is 1. The summed E-state index contributed by atoms with van der Waals surface area (Å²) in [6, 6.07) is 9.73. The third kappa shape index (κ3) is 6.95. The zero-order valence-corrected chi connectivity index (χ0v) is 15.2. The third-order valence-corrected chi connectivity index (χ3v) is 3.69. The molecule has 0 bridgehead atoms. The highest BCUT2D eigenvalue weighted by Crippen LogP contribution is 2.19. The third-order valence-electron chi connectivity index (χ3n) is 3.69. The van der Waals surface area contributed by atoms with Crippen LogP contribution in [0.4, 0.5) is 0 Å². The Morgan fingerprint density at radius 3 is 2.35 bits per heavy atom. The number of carbonyl (C=O) groups is 2. The molecule has 23 heavy (non-hydrogen) atoms. The molecule has 2 atom stereocenters. The van der Waals surface area contributed by atoms with E-state index < -0.39 is 0 Å². The summed E-state index contributed by atoms with van der Waals surface area (Å²) < 4.78 is 0. The average molecular weight is 320 g/mol. The van der Waals surface area contributed by atoms with Gasteiger partial charge in [-0.25, -0.2) is 0 Å². The lowest BCUT2D eigenvalue weighted by molar-refractivity contribution is -0.143. The molecule has 1 fully saturated rings. The number of imide groups is 1. The molecule has 1 saturated heterocycles. The molecular formula is C19H32N2O2. The summed E-state index contributed by atoms with van der Waals surface area (Å²) in [7, 11) is 0. The standard InChI is InChI=1S/C15H20N2O2.2C2H6/c1-12-14(8-5-9-16-12)15(19)17(11-18)10-13-6-3-2-4-7-13;2*1-2/h2-4,6-7,11-12,14,16H,5,8-10H2,1H3;2*1-2H3. The fourth-order valence-corrected chi connectivity index (χ4v) is 2.54. The van der Waals surface area contributed by atoms with E-state index in [1.807, 2.05) is 65.0 Å². The van der Waals surface area contributed by atoms with Crippen LogP contribution in [0.1, 0.15) is 53.0 Å². The Kier molecular flexibility index (Phi) is 11.9. The zero-order valence-electron chi connectivity index (χ0n) is 15.2. The van der Waals surface area contributed by atoms with E-state index in [0.29, 0.717) is 13.0 Å². The first kappa shape index (κ1) is 21.3. The van der Waals surface area contributed by atoms with E-state index in [1.54, 1.807) is 0 Å². The summed E-state index contributed by atoms with van der Waals surface area (Å²) in [5, 5.41) is 3.29. The van der Waals surface area contributed by atoms with Gasteiger partial charge in [0.25, 0.3) is 0 Å². The molecule has 2 amide bonds. The number of hydrogen-bond acceptors (Lipinski definition) is 3. The van der Waals surface area contributed by atoms with Crippen molar-refractivity contribution in [2.24, 2.45) is 5.92 Å². The molecule has 130 valence electrons. The van der Waals surface area contributed by atoms with Gasteiger partial charge in [0.1, 0.15) is 0 Å². The number of benzene rings is 1. The Bertz CT molecular complexity index is 434. The molecule has 1 aromatic carbocycles. The minimum Gasteiger partial charge on any atom is -0.313 e. The zero-order chi connectivity index (χ0) is 17.7. The van der Waals surface area contributed by atoms with Crippen molar-refractivity contribution < 1.29 is 9.59 Å². The molecule has 1 N–H and O–H groups in total. The maximum absolute atomic E-state index is 12.4. The molecular weight excluding hydrogens is 288 g/mol. The highest BCUT2D eigenvalue weighted by Gasteiger charge is 2.30. The van der Waals surface area contributed by atoms with Gasteiger partial charge in [0.15, 0.2) is 0 Å². The van der Waals surface area contributed by atoms with Crippen LogP contribution < -0.4 is 5.32 Å². The summed E-state index contributed by atoms with van der Waals surface area (Å²) >= 11 is 0. The van der Waals surface area contributed by atoms with Gasteiger partial charge in [-0.3, -0.25) is 14.5 Å². The number of hydrogen-bond donors (Lipinski definition) is 1. The summed E-state index contributed by atoms with van der Waals surface area (Å²) in [6.45, 7) is 11.3. The van der Waals surface area contributed by atoms with Crippen molar-refractivity contribution in [2.45, 2.75) is 60.0 Å². The molecule has 1 heterocycles. The van der Waals surface area contributed by atoms with Crippen LogP contribution in [0.3, 0.4) is 0 Å². The number of nitrogens with zero attached hydrogens (tertiary/aromatic N) is 1. The Balaban J connectivity index is 0.00000112. The highest BCUT2D eigenvalue weighted by molar-refractivity contribution is 5.88.